The maximum atomic E-state index is 12.3. The highest BCUT2D eigenvalue weighted by Crippen LogP contribution is 2.16. The van der Waals surface area contributed by atoms with Crippen LogP contribution in [-0.2, 0) is 19.6 Å². The van der Waals surface area contributed by atoms with Gasteiger partial charge in [0.2, 0.25) is 10.0 Å². The highest BCUT2D eigenvalue weighted by molar-refractivity contribution is 7.89. The SMILES string of the molecule is CCOC(=O)c1ccc(S(=O)(=O)N(CC)CC(=O)O)cc1. The molecule has 0 aromatic heterocycles. The van der Waals surface area contributed by atoms with E-state index in [1.807, 2.05) is 0 Å². The van der Waals surface area contributed by atoms with Gasteiger partial charge in [-0.05, 0) is 31.2 Å². The first-order valence-electron chi connectivity index (χ1n) is 6.32. The second-order valence-corrected chi connectivity index (χ2v) is 6.01. The molecule has 0 aliphatic rings. The third kappa shape index (κ3) is 4.27. The second kappa shape index (κ2) is 7.19. The number of esters is 1. The van der Waals surface area contributed by atoms with Gasteiger partial charge in [-0.1, -0.05) is 6.92 Å². The van der Waals surface area contributed by atoms with E-state index < -0.39 is 28.5 Å². The van der Waals surface area contributed by atoms with Gasteiger partial charge in [-0.2, -0.15) is 4.31 Å². The first-order valence-corrected chi connectivity index (χ1v) is 7.76. The van der Waals surface area contributed by atoms with Gasteiger partial charge in [-0.15, -0.1) is 0 Å². The minimum Gasteiger partial charge on any atom is -0.480 e. The van der Waals surface area contributed by atoms with E-state index in [0.29, 0.717) is 0 Å². The molecule has 1 aromatic rings. The topological polar surface area (TPSA) is 101 Å². The second-order valence-electron chi connectivity index (χ2n) is 4.07. The molecule has 0 aliphatic carbocycles. The zero-order chi connectivity index (χ0) is 16.0. The highest BCUT2D eigenvalue weighted by atomic mass is 32.2. The number of ether oxygens (including phenoxy) is 1. The first kappa shape index (κ1) is 17.1. The van der Waals surface area contributed by atoms with Gasteiger partial charge in [0.25, 0.3) is 0 Å². The van der Waals surface area contributed by atoms with Gasteiger partial charge in [-0.3, -0.25) is 4.79 Å². The van der Waals surface area contributed by atoms with Crippen molar-refractivity contribution >= 4 is 22.0 Å². The predicted octanol–water partition coefficient (Wildman–Crippen LogP) is 0.958. The Morgan fingerprint density at radius 2 is 1.76 bits per heavy atom. The molecular formula is C13H17NO6S. The summed E-state index contributed by atoms with van der Waals surface area (Å²) in [5.41, 5.74) is 0.233. The largest absolute Gasteiger partial charge is 0.480 e. The van der Waals surface area contributed by atoms with Crippen molar-refractivity contribution in [1.82, 2.24) is 4.31 Å². The Labute approximate surface area is 123 Å². The number of rotatable bonds is 7. The monoisotopic (exact) mass is 315 g/mol. The third-order valence-corrected chi connectivity index (χ3v) is 4.60. The first-order chi connectivity index (χ1) is 9.82. The average Bonchev–Trinajstić information content (AvgIpc) is 2.44. The van der Waals surface area contributed by atoms with E-state index in [-0.39, 0.29) is 23.6 Å². The van der Waals surface area contributed by atoms with Crippen LogP contribution in [0.1, 0.15) is 24.2 Å². The number of carbonyl (C=O) groups is 2. The van der Waals surface area contributed by atoms with Gasteiger partial charge >= 0.3 is 11.9 Å². The molecule has 1 rings (SSSR count). The molecule has 116 valence electrons. The summed E-state index contributed by atoms with van der Waals surface area (Å²) < 4.78 is 30.1. The normalized spacial score (nSPS) is 11.4. The van der Waals surface area contributed by atoms with Crippen LogP contribution in [0.5, 0.6) is 0 Å². The van der Waals surface area contributed by atoms with Crippen LogP contribution < -0.4 is 0 Å². The predicted molar refractivity (Wildman–Crippen MR) is 74.5 cm³/mol. The van der Waals surface area contributed by atoms with Crippen LogP contribution in [0.4, 0.5) is 0 Å². The summed E-state index contributed by atoms with van der Waals surface area (Å²) in [6, 6.07) is 5.18. The molecule has 0 spiro atoms. The summed E-state index contributed by atoms with van der Waals surface area (Å²) in [5, 5.41) is 8.73. The van der Waals surface area contributed by atoms with Crippen molar-refractivity contribution in [2.24, 2.45) is 0 Å². The molecule has 1 aromatic carbocycles. The average molecular weight is 315 g/mol. The molecule has 0 unspecified atom stereocenters. The number of sulfonamides is 1. The van der Waals surface area contributed by atoms with E-state index >= 15 is 0 Å². The maximum Gasteiger partial charge on any atom is 0.338 e. The molecule has 21 heavy (non-hydrogen) atoms. The number of carbonyl (C=O) groups excluding carboxylic acids is 1. The fourth-order valence-electron chi connectivity index (χ4n) is 1.64. The highest BCUT2D eigenvalue weighted by Gasteiger charge is 2.25. The van der Waals surface area contributed by atoms with Gasteiger partial charge in [0.15, 0.2) is 0 Å². The number of hydrogen-bond acceptors (Lipinski definition) is 5. The van der Waals surface area contributed by atoms with Crippen molar-refractivity contribution in [3.05, 3.63) is 29.8 Å². The van der Waals surface area contributed by atoms with Crippen molar-refractivity contribution in [1.29, 1.82) is 0 Å². The van der Waals surface area contributed by atoms with Crippen LogP contribution in [0.15, 0.2) is 29.2 Å². The number of carboxylic acid groups (broad SMARTS) is 1. The lowest BCUT2D eigenvalue weighted by atomic mass is 10.2. The summed E-state index contributed by atoms with van der Waals surface area (Å²) in [5.74, 6) is -1.78. The summed E-state index contributed by atoms with van der Waals surface area (Å²) in [7, 11) is -3.90. The lowest BCUT2D eigenvalue weighted by Crippen LogP contribution is -2.35. The van der Waals surface area contributed by atoms with Gasteiger partial charge in [0, 0.05) is 6.54 Å². The van der Waals surface area contributed by atoms with Gasteiger partial charge in [0.05, 0.1) is 17.1 Å². The Hall–Kier alpha value is -1.93. The Balaban J connectivity index is 3.04. The summed E-state index contributed by atoms with van der Waals surface area (Å²) >= 11 is 0. The van der Waals surface area contributed by atoms with Crippen molar-refractivity contribution in [2.45, 2.75) is 18.7 Å². The summed E-state index contributed by atoms with van der Waals surface area (Å²) in [6.45, 7) is 2.86. The van der Waals surface area contributed by atoms with Crippen LogP contribution >= 0.6 is 0 Å². The van der Waals surface area contributed by atoms with E-state index in [1.165, 1.54) is 24.3 Å². The number of aliphatic carboxylic acids is 1. The smallest absolute Gasteiger partial charge is 0.338 e. The Morgan fingerprint density at radius 3 is 2.19 bits per heavy atom. The molecule has 0 fully saturated rings. The molecule has 0 saturated heterocycles. The molecule has 0 heterocycles. The number of benzene rings is 1. The van der Waals surface area contributed by atoms with E-state index in [2.05, 4.69) is 0 Å². The number of hydrogen-bond donors (Lipinski definition) is 1. The Kier molecular flexibility index (Phi) is 5.86. The fraction of sp³-hybridized carbons (Fsp3) is 0.385. The molecule has 0 bridgehead atoms. The van der Waals surface area contributed by atoms with Gasteiger partial charge < -0.3 is 9.84 Å². The summed E-state index contributed by atoms with van der Waals surface area (Å²) in [4.78, 5) is 22.1. The fourth-order valence-corrected chi connectivity index (χ4v) is 3.04. The summed E-state index contributed by atoms with van der Waals surface area (Å²) in [6.07, 6.45) is 0. The standard InChI is InChI=1S/C13H17NO6S/c1-3-14(9-12(15)16)21(18,19)11-7-5-10(6-8-11)13(17)20-4-2/h5-8H,3-4,9H2,1-2H3,(H,15,16). The van der Waals surface area contributed by atoms with E-state index in [9.17, 15) is 18.0 Å². The third-order valence-electron chi connectivity index (χ3n) is 2.67. The van der Waals surface area contributed by atoms with E-state index in [4.69, 9.17) is 9.84 Å². The molecular weight excluding hydrogens is 298 g/mol. The van der Waals surface area contributed by atoms with Crippen molar-refractivity contribution < 1.29 is 27.9 Å². The molecule has 8 heteroatoms. The van der Waals surface area contributed by atoms with Crippen molar-refractivity contribution in [2.75, 3.05) is 19.7 Å². The molecule has 0 radical (unpaired) electrons. The van der Waals surface area contributed by atoms with Crippen LogP contribution in [0.2, 0.25) is 0 Å². The zero-order valence-corrected chi connectivity index (χ0v) is 12.6. The van der Waals surface area contributed by atoms with Crippen molar-refractivity contribution in [3.63, 3.8) is 0 Å². The molecule has 7 nitrogen and oxygen atoms in total. The Bertz CT molecular complexity index is 608. The quantitative estimate of drug-likeness (QED) is 0.752. The molecule has 0 atom stereocenters. The van der Waals surface area contributed by atoms with E-state index in [1.54, 1.807) is 13.8 Å². The molecule has 0 saturated carbocycles. The number of nitrogens with zero attached hydrogens (tertiary/aromatic N) is 1. The number of likely N-dealkylation sites (N-methyl/N-ethyl adjacent to an activating group) is 1. The van der Waals surface area contributed by atoms with Crippen LogP contribution in [0.3, 0.4) is 0 Å². The Morgan fingerprint density at radius 1 is 1.19 bits per heavy atom. The maximum absolute atomic E-state index is 12.3. The lowest BCUT2D eigenvalue weighted by Gasteiger charge is -2.18. The minimum atomic E-state index is -3.90. The van der Waals surface area contributed by atoms with Crippen LogP contribution in [0.25, 0.3) is 0 Å². The molecule has 0 amide bonds. The molecule has 1 N–H and O–H groups in total. The number of carboxylic acids is 1. The van der Waals surface area contributed by atoms with E-state index in [0.717, 1.165) is 4.31 Å². The van der Waals surface area contributed by atoms with Crippen LogP contribution in [-0.4, -0.2) is 49.5 Å². The minimum absolute atomic E-state index is 0.0360. The zero-order valence-electron chi connectivity index (χ0n) is 11.8. The van der Waals surface area contributed by atoms with Crippen molar-refractivity contribution in [3.8, 4) is 0 Å². The lowest BCUT2D eigenvalue weighted by molar-refractivity contribution is -0.137. The van der Waals surface area contributed by atoms with Gasteiger partial charge in [0.1, 0.15) is 6.54 Å². The van der Waals surface area contributed by atoms with Crippen LogP contribution in [0, 0.1) is 0 Å². The van der Waals surface area contributed by atoms with Gasteiger partial charge in [-0.25, -0.2) is 13.2 Å². The molecule has 0 aliphatic heterocycles.